The fraction of sp³-hybridized carbons (Fsp3) is 0.231. The fourth-order valence-electron chi connectivity index (χ4n) is 1.51. The van der Waals surface area contributed by atoms with E-state index in [1.54, 1.807) is 18.2 Å². The third-order valence-electron chi connectivity index (χ3n) is 2.46. The second-order valence-electron chi connectivity index (χ2n) is 3.73. The number of hydrogen-bond donors (Lipinski definition) is 1. The molecule has 0 fully saturated rings. The highest BCUT2D eigenvalue weighted by atomic mass is 79.9. The molecule has 1 aliphatic rings. The van der Waals surface area contributed by atoms with Crippen molar-refractivity contribution in [3.63, 3.8) is 0 Å². The van der Waals surface area contributed by atoms with Crippen molar-refractivity contribution >= 4 is 21.8 Å². The first-order valence-electron chi connectivity index (χ1n) is 5.57. The number of fused-ring (bicyclic) bond motifs is 1. The third-order valence-corrected chi connectivity index (χ3v) is 2.74. The molecule has 0 spiro atoms. The van der Waals surface area contributed by atoms with E-state index in [0.29, 0.717) is 17.9 Å². The molecule has 0 aromatic heterocycles. The first-order valence-corrected chi connectivity index (χ1v) is 6.37. The first kappa shape index (κ1) is 14.4. The van der Waals surface area contributed by atoms with E-state index in [0.717, 1.165) is 5.56 Å². The second kappa shape index (κ2) is 6.92. The third kappa shape index (κ3) is 3.49. The van der Waals surface area contributed by atoms with E-state index in [1.807, 2.05) is 6.07 Å². The summed E-state index contributed by atoms with van der Waals surface area (Å²) in [7, 11) is 0. The van der Waals surface area contributed by atoms with Gasteiger partial charge in [0, 0.05) is 27.1 Å². The molecule has 7 heteroatoms. The van der Waals surface area contributed by atoms with E-state index >= 15 is 0 Å². The van der Waals surface area contributed by atoms with E-state index in [-0.39, 0.29) is 6.61 Å². The van der Waals surface area contributed by atoms with Gasteiger partial charge in [0.25, 0.3) is 5.91 Å². The lowest BCUT2D eigenvalue weighted by atomic mass is 10.1. The molecule has 1 aliphatic heterocycles. The second-order valence-corrected chi connectivity index (χ2v) is 4.13. The first-order chi connectivity index (χ1) is 9.74. The predicted molar refractivity (Wildman–Crippen MR) is 71.4 cm³/mol. The Morgan fingerprint density at radius 1 is 1.60 bits per heavy atom. The molecule has 102 valence electrons. The number of carbonyl (C=O) groups excluding carboxylic acids is 1. The van der Waals surface area contributed by atoms with Gasteiger partial charge in [-0.3, -0.25) is 4.79 Å². The highest BCUT2D eigenvalue weighted by molar-refractivity contribution is 9.12. The van der Waals surface area contributed by atoms with Crippen molar-refractivity contribution in [1.82, 2.24) is 5.32 Å². The molecule has 1 unspecified atom stereocenters. The summed E-state index contributed by atoms with van der Waals surface area (Å²) in [4.78, 5) is 24.1. The minimum atomic E-state index is -1.07. The summed E-state index contributed by atoms with van der Waals surface area (Å²) >= 11 is 2.90. The van der Waals surface area contributed by atoms with Crippen molar-refractivity contribution in [1.29, 1.82) is 5.26 Å². The van der Waals surface area contributed by atoms with Gasteiger partial charge < -0.3 is 14.9 Å². The standard InChI is InChI=1S/C13H9BrN2O4/c14-4-1-5-18-12(7-15)16-13(17)9-2-3-10-8-19-20-11(10)6-9/h2-3,6,12H,5,8H2,(H,16,17). The van der Waals surface area contributed by atoms with E-state index in [1.165, 1.54) is 0 Å². The van der Waals surface area contributed by atoms with Crippen LogP contribution in [0.15, 0.2) is 18.2 Å². The van der Waals surface area contributed by atoms with Crippen molar-refractivity contribution in [2.75, 3.05) is 6.61 Å². The van der Waals surface area contributed by atoms with E-state index < -0.39 is 12.1 Å². The van der Waals surface area contributed by atoms with Gasteiger partial charge in [-0.25, -0.2) is 0 Å². The number of nitrogens with one attached hydrogen (secondary N) is 1. The summed E-state index contributed by atoms with van der Waals surface area (Å²) in [6, 6.07) is 6.72. The van der Waals surface area contributed by atoms with Crippen molar-refractivity contribution in [2.45, 2.75) is 12.8 Å². The molecular formula is C13H9BrN2O4. The molecule has 1 aromatic carbocycles. The normalized spacial score (nSPS) is 13.2. The molecule has 0 saturated heterocycles. The Hall–Kier alpha value is -2.06. The maximum atomic E-state index is 12.0. The molecule has 1 heterocycles. The van der Waals surface area contributed by atoms with Crippen LogP contribution in [0.3, 0.4) is 0 Å². The average molecular weight is 337 g/mol. The van der Waals surface area contributed by atoms with Crippen LogP contribution in [0.1, 0.15) is 15.9 Å². The minimum absolute atomic E-state index is 0.0326. The quantitative estimate of drug-likeness (QED) is 0.511. The maximum absolute atomic E-state index is 12.0. The molecule has 1 aromatic rings. The molecule has 0 radical (unpaired) electrons. The molecule has 6 nitrogen and oxygen atoms in total. The minimum Gasteiger partial charge on any atom is -0.337 e. The molecule has 2 rings (SSSR count). The lowest BCUT2D eigenvalue weighted by Gasteiger charge is -2.11. The summed E-state index contributed by atoms with van der Waals surface area (Å²) < 4.78 is 5.06. The highest BCUT2D eigenvalue weighted by Crippen LogP contribution is 2.26. The Morgan fingerprint density at radius 2 is 2.45 bits per heavy atom. The van der Waals surface area contributed by atoms with Crippen LogP contribution in [-0.2, 0) is 16.2 Å². The van der Waals surface area contributed by atoms with Gasteiger partial charge in [-0.05, 0) is 17.0 Å². The summed E-state index contributed by atoms with van der Waals surface area (Å²) in [5.74, 6) is 2.62. The zero-order valence-corrected chi connectivity index (χ0v) is 11.8. The summed E-state index contributed by atoms with van der Waals surface area (Å²) in [6.45, 7) is 0.386. The van der Waals surface area contributed by atoms with Gasteiger partial charge in [-0.1, -0.05) is 12.0 Å². The number of nitriles is 1. The smallest absolute Gasteiger partial charge is 0.254 e. The Morgan fingerprint density at radius 3 is 3.20 bits per heavy atom. The van der Waals surface area contributed by atoms with Gasteiger partial charge in [0.2, 0.25) is 6.23 Å². The van der Waals surface area contributed by atoms with Crippen LogP contribution in [0, 0.1) is 22.1 Å². The maximum Gasteiger partial charge on any atom is 0.254 e. The largest absolute Gasteiger partial charge is 0.337 e. The van der Waals surface area contributed by atoms with E-state index in [4.69, 9.17) is 19.8 Å². The van der Waals surface area contributed by atoms with Crippen molar-refractivity contribution in [3.8, 4) is 22.6 Å². The van der Waals surface area contributed by atoms with Gasteiger partial charge in [0.15, 0.2) is 5.75 Å². The van der Waals surface area contributed by atoms with Gasteiger partial charge in [0.1, 0.15) is 19.3 Å². The number of benzene rings is 1. The van der Waals surface area contributed by atoms with Crippen LogP contribution in [0.2, 0.25) is 0 Å². The number of ether oxygens (including phenoxy) is 1. The Kier molecular flexibility index (Phi) is 4.97. The van der Waals surface area contributed by atoms with Crippen LogP contribution in [0.25, 0.3) is 0 Å². The van der Waals surface area contributed by atoms with Gasteiger partial charge in [-0.2, -0.15) is 10.1 Å². The average Bonchev–Trinajstić information content (AvgIpc) is 2.93. The molecule has 1 amide bonds. The Bertz CT molecular complexity index is 615. The summed E-state index contributed by atoms with van der Waals surface area (Å²) in [5, 5.41) is 11.3. The van der Waals surface area contributed by atoms with Crippen LogP contribution in [0.5, 0.6) is 5.75 Å². The van der Waals surface area contributed by atoms with Crippen LogP contribution >= 0.6 is 15.9 Å². The summed E-state index contributed by atoms with van der Waals surface area (Å²) in [5.41, 5.74) is 1.21. The van der Waals surface area contributed by atoms with E-state index in [9.17, 15) is 4.79 Å². The topological polar surface area (TPSA) is 80.6 Å². The van der Waals surface area contributed by atoms with Crippen molar-refractivity contribution in [2.24, 2.45) is 0 Å². The van der Waals surface area contributed by atoms with Gasteiger partial charge >= 0.3 is 0 Å². The zero-order chi connectivity index (χ0) is 14.4. The Labute approximate surface area is 123 Å². The number of halogens is 1. The lowest BCUT2D eigenvalue weighted by Crippen LogP contribution is -2.35. The van der Waals surface area contributed by atoms with E-state index in [2.05, 4.69) is 32.0 Å². The molecule has 0 saturated carbocycles. The SMILES string of the molecule is N#CC(NC(=O)c1ccc2c(c1)OOC2)OCC#CBr. The lowest BCUT2D eigenvalue weighted by molar-refractivity contribution is -0.194. The number of nitrogens with zero attached hydrogens (tertiary/aromatic N) is 1. The van der Waals surface area contributed by atoms with Gasteiger partial charge in [0.05, 0.1) is 0 Å². The van der Waals surface area contributed by atoms with Gasteiger partial charge in [-0.15, -0.1) is 0 Å². The van der Waals surface area contributed by atoms with Crippen molar-refractivity contribution < 1.29 is 19.3 Å². The summed E-state index contributed by atoms with van der Waals surface area (Å²) in [6.07, 6.45) is -1.07. The molecule has 20 heavy (non-hydrogen) atoms. The van der Waals surface area contributed by atoms with Crippen molar-refractivity contribution in [3.05, 3.63) is 29.3 Å². The highest BCUT2D eigenvalue weighted by Gasteiger charge is 2.18. The van der Waals surface area contributed by atoms with Crippen LogP contribution < -0.4 is 10.2 Å². The van der Waals surface area contributed by atoms with Crippen LogP contribution in [0.4, 0.5) is 0 Å². The monoisotopic (exact) mass is 336 g/mol. The molecule has 1 N–H and O–H groups in total. The predicted octanol–water partition coefficient (Wildman–Crippen LogP) is 1.46. The molecular weight excluding hydrogens is 328 g/mol. The van der Waals surface area contributed by atoms with Crippen LogP contribution in [-0.4, -0.2) is 18.7 Å². The molecule has 0 bridgehead atoms. The fourth-order valence-corrected chi connectivity index (χ4v) is 1.63. The molecule has 0 aliphatic carbocycles. The zero-order valence-electron chi connectivity index (χ0n) is 10.2. The molecule has 1 atom stereocenters. The number of carbonyl (C=O) groups is 1. The number of rotatable bonds is 4. The number of amides is 1. The number of hydrogen-bond acceptors (Lipinski definition) is 5. The Balaban J connectivity index is 1.99.